The fourth-order valence-electron chi connectivity index (χ4n) is 4.74. The molecule has 37 heavy (non-hydrogen) atoms. The lowest BCUT2D eigenvalue weighted by atomic mass is 9.98. The first-order valence-corrected chi connectivity index (χ1v) is 13.5. The van der Waals surface area contributed by atoms with Crippen LogP contribution in [0.2, 0.25) is 0 Å². The number of carbonyl (C=O) groups excluding carboxylic acids is 3. The monoisotopic (exact) mass is 518 g/mol. The highest BCUT2D eigenvalue weighted by atomic mass is 32.1. The number of amides is 3. The highest BCUT2D eigenvalue weighted by Gasteiger charge is 2.30. The van der Waals surface area contributed by atoms with E-state index in [0.717, 1.165) is 36.8 Å². The van der Waals surface area contributed by atoms with E-state index in [-0.39, 0.29) is 30.2 Å². The van der Waals surface area contributed by atoms with Crippen LogP contribution in [0.5, 0.6) is 0 Å². The number of pyridine rings is 1. The molecule has 192 valence electrons. The Hall–Kier alpha value is -3.79. The average Bonchev–Trinajstić information content (AvgIpc) is 3.47. The number of benzene rings is 1. The number of Topliss-reactive ketones (excluding diaryl/α,β-unsaturated/α-hetero) is 1. The van der Waals surface area contributed by atoms with Crippen LogP contribution in [0.4, 0.5) is 10.6 Å². The van der Waals surface area contributed by atoms with Crippen molar-refractivity contribution in [1.82, 2.24) is 25.1 Å². The SMILES string of the molecule is O=C(CNC(=O)c1csc(C2CCN(C(=O)N3CCN(c4ccccn4)CC3)CC2)n1)c1ccccc1. The molecule has 9 nitrogen and oxygen atoms in total. The van der Waals surface area contributed by atoms with Gasteiger partial charge in [-0.1, -0.05) is 36.4 Å². The number of ketones is 1. The lowest BCUT2D eigenvalue weighted by molar-refractivity contribution is 0.0901. The van der Waals surface area contributed by atoms with Gasteiger partial charge in [0, 0.05) is 62.3 Å². The van der Waals surface area contributed by atoms with Crippen molar-refractivity contribution in [3.63, 3.8) is 0 Å². The first-order chi connectivity index (χ1) is 18.1. The van der Waals surface area contributed by atoms with Crippen LogP contribution in [0.1, 0.15) is 44.6 Å². The number of piperazine rings is 1. The van der Waals surface area contributed by atoms with Crippen LogP contribution >= 0.6 is 11.3 Å². The van der Waals surface area contributed by atoms with Gasteiger partial charge < -0.3 is 20.0 Å². The third-order valence-electron chi connectivity index (χ3n) is 6.90. The number of carbonyl (C=O) groups is 3. The van der Waals surface area contributed by atoms with Crippen molar-refractivity contribution in [3.8, 4) is 0 Å². The molecule has 2 saturated heterocycles. The Morgan fingerprint density at radius 3 is 2.30 bits per heavy atom. The van der Waals surface area contributed by atoms with Crippen molar-refractivity contribution >= 4 is 34.9 Å². The van der Waals surface area contributed by atoms with Gasteiger partial charge in [-0.05, 0) is 25.0 Å². The maximum atomic E-state index is 13.1. The Kier molecular flexibility index (Phi) is 7.74. The van der Waals surface area contributed by atoms with Crippen LogP contribution in [0.25, 0.3) is 0 Å². The second kappa shape index (κ2) is 11.5. The van der Waals surface area contributed by atoms with Crippen LogP contribution < -0.4 is 10.2 Å². The number of piperidine rings is 1. The number of likely N-dealkylation sites (tertiary alicyclic amines) is 1. The summed E-state index contributed by atoms with van der Waals surface area (Å²) < 4.78 is 0. The standard InChI is InChI=1S/C27H30N6O3S/c34-23(20-6-2-1-3-7-20)18-29-25(35)22-19-37-26(30-22)21-9-12-32(13-10-21)27(36)33-16-14-31(15-17-33)24-8-4-5-11-28-24/h1-8,11,19,21H,9-10,12-18H2,(H,29,35). The van der Waals surface area contributed by atoms with E-state index in [1.807, 2.05) is 34.1 Å². The van der Waals surface area contributed by atoms with Crippen molar-refractivity contribution in [2.24, 2.45) is 0 Å². The fourth-order valence-corrected chi connectivity index (χ4v) is 5.71. The molecule has 1 aromatic carbocycles. The molecular formula is C27H30N6O3S. The van der Waals surface area contributed by atoms with Crippen LogP contribution in [0, 0.1) is 0 Å². The molecule has 0 atom stereocenters. The van der Waals surface area contributed by atoms with Gasteiger partial charge in [0.2, 0.25) is 0 Å². The summed E-state index contributed by atoms with van der Waals surface area (Å²) in [6.07, 6.45) is 3.43. The number of nitrogens with zero attached hydrogens (tertiary/aromatic N) is 5. The normalized spacial score (nSPS) is 16.5. The summed E-state index contributed by atoms with van der Waals surface area (Å²) in [5.41, 5.74) is 0.906. The minimum absolute atomic E-state index is 0.0632. The summed E-state index contributed by atoms with van der Waals surface area (Å²) in [5.74, 6) is 0.695. The lowest BCUT2D eigenvalue weighted by Crippen LogP contribution is -2.54. The van der Waals surface area contributed by atoms with Crippen LogP contribution in [0.3, 0.4) is 0 Å². The van der Waals surface area contributed by atoms with Gasteiger partial charge >= 0.3 is 6.03 Å². The molecule has 0 radical (unpaired) electrons. The summed E-state index contributed by atoms with van der Waals surface area (Å²) in [4.78, 5) is 52.9. The zero-order valence-corrected chi connectivity index (χ0v) is 21.4. The Labute approximate surface area is 220 Å². The highest BCUT2D eigenvalue weighted by molar-refractivity contribution is 7.09. The minimum atomic E-state index is -0.343. The summed E-state index contributed by atoms with van der Waals surface area (Å²) in [6.45, 7) is 4.22. The molecule has 0 bridgehead atoms. The van der Waals surface area contributed by atoms with Gasteiger partial charge in [0.05, 0.1) is 11.6 Å². The number of thiazole rings is 1. The molecule has 5 rings (SSSR count). The number of hydrogen-bond donors (Lipinski definition) is 1. The number of urea groups is 1. The molecule has 2 aliphatic heterocycles. The van der Waals surface area contributed by atoms with Gasteiger partial charge in [-0.25, -0.2) is 14.8 Å². The predicted molar refractivity (Wildman–Crippen MR) is 142 cm³/mol. The Morgan fingerprint density at radius 2 is 1.59 bits per heavy atom. The summed E-state index contributed by atoms with van der Waals surface area (Å²) in [6, 6.07) is 14.9. The molecule has 2 aliphatic rings. The Morgan fingerprint density at radius 1 is 0.892 bits per heavy atom. The first kappa shape index (κ1) is 24.9. The molecule has 2 fully saturated rings. The number of aromatic nitrogens is 2. The van der Waals surface area contributed by atoms with E-state index in [1.165, 1.54) is 11.3 Å². The summed E-state index contributed by atoms with van der Waals surface area (Å²) in [5, 5.41) is 5.33. The maximum absolute atomic E-state index is 13.1. The quantitative estimate of drug-likeness (QED) is 0.503. The Bertz CT molecular complexity index is 1220. The molecule has 4 heterocycles. The van der Waals surface area contributed by atoms with Gasteiger partial charge in [-0.15, -0.1) is 11.3 Å². The summed E-state index contributed by atoms with van der Waals surface area (Å²) >= 11 is 1.47. The number of nitrogens with one attached hydrogen (secondary N) is 1. The smallest absolute Gasteiger partial charge is 0.320 e. The van der Waals surface area contributed by atoms with Crippen molar-refractivity contribution in [1.29, 1.82) is 0 Å². The zero-order chi connectivity index (χ0) is 25.6. The molecule has 2 aromatic heterocycles. The molecule has 1 N–H and O–H groups in total. The zero-order valence-electron chi connectivity index (χ0n) is 20.6. The van der Waals surface area contributed by atoms with E-state index in [0.29, 0.717) is 37.4 Å². The van der Waals surface area contributed by atoms with Gasteiger partial charge in [0.15, 0.2) is 5.78 Å². The molecule has 0 aliphatic carbocycles. The topological polar surface area (TPSA) is 98.7 Å². The highest BCUT2D eigenvalue weighted by Crippen LogP contribution is 2.31. The molecule has 3 amide bonds. The van der Waals surface area contributed by atoms with Crippen molar-refractivity contribution in [3.05, 3.63) is 76.4 Å². The van der Waals surface area contributed by atoms with Crippen LogP contribution in [-0.2, 0) is 0 Å². The molecule has 0 saturated carbocycles. The molecule has 3 aromatic rings. The third-order valence-corrected chi connectivity index (χ3v) is 7.91. The molecule has 0 spiro atoms. The van der Waals surface area contributed by atoms with Gasteiger partial charge in [0.25, 0.3) is 5.91 Å². The van der Waals surface area contributed by atoms with Gasteiger partial charge in [0.1, 0.15) is 11.5 Å². The second-order valence-electron chi connectivity index (χ2n) is 9.25. The largest absolute Gasteiger partial charge is 0.353 e. The van der Waals surface area contributed by atoms with Crippen molar-refractivity contribution in [2.75, 3.05) is 50.7 Å². The Balaban J connectivity index is 1.07. The number of hydrogen-bond acceptors (Lipinski definition) is 7. The lowest BCUT2D eigenvalue weighted by Gasteiger charge is -2.39. The number of rotatable bonds is 6. The second-order valence-corrected chi connectivity index (χ2v) is 10.1. The average molecular weight is 519 g/mol. The van der Waals surface area contributed by atoms with Gasteiger partial charge in [-0.2, -0.15) is 0 Å². The number of anilines is 1. The fraction of sp³-hybridized carbons (Fsp3) is 0.370. The summed E-state index contributed by atoms with van der Waals surface area (Å²) in [7, 11) is 0. The predicted octanol–water partition coefficient (Wildman–Crippen LogP) is 3.27. The van der Waals surface area contributed by atoms with E-state index < -0.39 is 0 Å². The first-order valence-electron chi connectivity index (χ1n) is 12.6. The maximum Gasteiger partial charge on any atom is 0.320 e. The van der Waals surface area contributed by atoms with Crippen molar-refractivity contribution in [2.45, 2.75) is 18.8 Å². The van der Waals surface area contributed by atoms with Crippen LogP contribution in [0.15, 0.2) is 60.1 Å². The minimum Gasteiger partial charge on any atom is -0.353 e. The van der Waals surface area contributed by atoms with Gasteiger partial charge in [-0.3, -0.25) is 9.59 Å². The van der Waals surface area contributed by atoms with E-state index in [1.54, 1.807) is 35.8 Å². The van der Waals surface area contributed by atoms with Crippen molar-refractivity contribution < 1.29 is 14.4 Å². The third kappa shape index (κ3) is 5.96. The molecule has 0 unspecified atom stereocenters. The molecule has 10 heteroatoms. The molecular weight excluding hydrogens is 488 g/mol. The van der Waals surface area contributed by atoms with E-state index >= 15 is 0 Å². The van der Waals surface area contributed by atoms with E-state index in [9.17, 15) is 14.4 Å². The van der Waals surface area contributed by atoms with E-state index in [2.05, 4.69) is 20.2 Å². The van der Waals surface area contributed by atoms with Crippen LogP contribution in [-0.4, -0.2) is 83.3 Å². The van der Waals surface area contributed by atoms with E-state index in [4.69, 9.17) is 0 Å².